The topological polar surface area (TPSA) is 49.9 Å². The van der Waals surface area contributed by atoms with Gasteiger partial charge in [-0.15, -0.1) is 0 Å². The fourth-order valence-corrected chi connectivity index (χ4v) is 4.49. The zero-order chi connectivity index (χ0) is 21.5. The second-order valence-corrected chi connectivity index (χ2v) is 8.67. The van der Waals surface area contributed by atoms with Gasteiger partial charge in [0, 0.05) is 44.1 Å². The minimum Gasteiger partial charge on any atom is -0.493 e. The Morgan fingerprint density at radius 1 is 0.871 bits per heavy atom. The number of benzene rings is 2. The van der Waals surface area contributed by atoms with Crippen LogP contribution in [0, 0.1) is 5.92 Å². The van der Waals surface area contributed by atoms with Gasteiger partial charge in [-0.1, -0.05) is 30.3 Å². The maximum absolute atomic E-state index is 12.7. The lowest BCUT2D eigenvalue weighted by Gasteiger charge is -2.32. The molecule has 0 spiro atoms. The van der Waals surface area contributed by atoms with Crippen molar-refractivity contribution in [2.75, 3.05) is 32.8 Å². The van der Waals surface area contributed by atoms with E-state index in [1.54, 1.807) is 0 Å². The van der Waals surface area contributed by atoms with E-state index in [0.717, 1.165) is 69.6 Å². The Bertz CT molecular complexity index is 860. The number of rotatable bonds is 7. The summed E-state index contributed by atoms with van der Waals surface area (Å²) < 4.78 is 6.00. The molecule has 0 aliphatic carbocycles. The van der Waals surface area contributed by atoms with E-state index in [-0.39, 0.29) is 11.8 Å². The molecule has 0 saturated carbocycles. The third-order valence-electron chi connectivity index (χ3n) is 6.32. The third-order valence-corrected chi connectivity index (χ3v) is 6.32. The van der Waals surface area contributed by atoms with Crippen LogP contribution in [-0.2, 0) is 11.2 Å². The molecule has 2 fully saturated rings. The lowest BCUT2D eigenvalue weighted by molar-refractivity contribution is -0.133. The Kier molecular flexibility index (Phi) is 7.23. The molecule has 2 heterocycles. The average Bonchev–Trinajstić information content (AvgIpc) is 3.37. The SMILES string of the molecule is O=C(CCc1ccccc1)N1CCC[C@H](COc2ccc(C(=O)N3CCCC3)cc2)C1. The second-order valence-electron chi connectivity index (χ2n) is 8.67. The van der Waals surface area contributed by atoms with Crippen molar-refractivity contribution in [3.05, 3.63) is 65.7 Å². The molecule has 0 bridgehead atoms. The molecule has 0 aromatic heterocycles. The summed E-state index contributed by atoms with van der Waals surface area (Å²) in [6.07, 6.45) is 5.65. The number of ether oxygens (including phenoxy) is 1. The molecule has 0 N–H and O–H groups in total. The molecular formula is C26H32N2O3. The van der Waals surface area contributed by atoms with E-state index < -0.39 is 0 Å². The molecule has 2 saturated heterocycles. The van der Waals surface area contributed by atoms with E-state index in [1.807, 2.05) is 52.3 Å². The predicted octanol–water partition coefficient (Wildman–Crippen LogP) is 4.17. The number of hydrogen-bond acceptors (Lipinski definition) is 3. The quantitative estimate of drug-likeness (QED) is 0.675. The zero-order valence-corrected chi connectivity index (χ0v) is 18.2. The molecule has 5 nitrogen and oxygen atoms in total. The molecule has 2 amide bonds. The number of nitrogens with zero attached hydrogens (tertiary/aromatic N) is 2. The molecule has 2 aliphatic heterocycles. The first-order valence-electron chi connectivity index (χ1n) is 11.5. The average molecular weight is 421 g/mol. The number of likely N-dealkylation sites (tertiary alicyclic amines) is 2. The standard InChI is InChI=1S/C26H32N2O3/c29-25(15-10-21-7-2-1-3-8-21)28-18-6-9-22(19-28)20-31-24-13-11-23(12-14-24)26(30)27-16-4-5-17-27/h1-3,7-8,11-14,22H,4-6,9-10,15-20H2/t22-/m0/s1. The van der Waals surface area contributed by atoms with Gasteiger partial charge in [-0.2, -0.15) is 0 Å². The number of carbonyl (C=O) groups is 2. The van der Waals surface area contributed by atoms with Gasteiger partial charge in [0.15, 0.2) is 0 Å². The maximum Gasteiger partial charge on any atom is 0.253 e. The smallest absolute Gasteiger partial charge is 0.253 e. The van der Waals surface area contributed by atoms with Crippen LogP contribution in [0.25, 0.3) is 0 Å². The molecule has 164 valence electrons. The van der Waals surface area contributed by atoms with E-state index in [9.17, 15) is 9.59 Å². The summed E-state index contributed by atoms with van der Waals surface area (Å²) in [5.74, 6) is 1.48. The highest BCUT2D eigenvalue weighted by Gasteiger charge is 2.24. The fraction of sp³-hybridized carbons (Fsp3) is 0.462. The highest BCUT2D eigenvalue weighted by molar-refractivity contribution is 5.94. The minimum atomic E-state index is 0.112. The summed E-state index contributed by atoms with van der Waals surface area (Å²) in [7, 11) is 0. The molecule has 2 aliphatic rings. The van der Waals surface area contributed by atoms with Crippen LogP contribution in [0.3, 0.4) is 0 Å². The van der Waals surface area contributed by atoms with Crippen LogP contribution in [0.5, 0.6) is 5.75 Å². The molecule has 2 aromatic carbocycles. The van der Waals surface area contributed by atoms with Crippen molar-refractivity contribution >= 4 is 11.8 Å². The Labute approximate surface area is 185 Å². The van der Waals surface area contributed by atoms with E-state index in [2.05, 4.69) is 12.1 Å². The van der Waals surface area contributed by atoms with Gasteiger partial charge in [0.1, 0.15) is 5.75 Å². The van der Waals surface area contributed by atoms with Crippen molar-refractivity contribution in [2.24, 2.45) is 5.92 Å². The van der Waals surface area contributed by atoms with Gasteiger partial charge in [0.25, 0.3) is 5.91 Å². The molecule has 31 heavy (non-hydrogen) atoms. The summed E-state index contributed by atoms with van der Waals surface area (Å²) in [5.41, 5.74) is 1.93. The number of piperidine rings is 1. The predicted molar refractivity (Wildman–Crippen MR) is 121 cm³/mol. The van der Waals surface area contributed by atoms with Crippen molar-refractivity contribution < 1.29 is 14.3 Å². The van der Waals surface area contributed by atoms with Gasteiger partial charge in [0.2, 0.25) is 5.91 Å². The van der Waals surface area contributed by atoms with Crippen LogP contribution >= 0.6 is 0 Å². The number of hydrogen-bond donors (Lipinski definition) is 0. The summed E-state index contributed by atoms with van der Waals surface area (Å²) >= 11 is 0. The molecule has 0 radical (unpaired) electrons. The van der Waals surface area contributed by atoms with Gasteiger partial charge in [-0.05, 0) is 61.9 Å². The van der Waals surface area contributed by atoms with Crippen molar-refractivity contribution in [1.29, 1.82) is 0 Å². The highest BCUT2D eigenvalue weighted by atomic mass is 16.5. The third kappa shape index (κ3) is 5.87. The first-order chi connectivity index (χ1) is 15.2. The van der Waals surface area contributed by atoms with Gasteiger partial charge in [-0.25, -0.2) is 0 Å². The molecule has 0 unspecified atom stereocenters. The van der Waals surface area contributed by atoms with E-state index >= 15 is 0 Å². The van der Waals surface area contributed by atoms with Gasteiger partial charge in [0.05, 0.1) is 6.61 Å². The molecule has 4 rings (SSSR count). The molecular weight excluding hydrogens is 388 g/mol. The van der Waals surface area contributed by atoms with Crippen LogP contribution in [-0.4, -0.2) is 54.4 Å². The van der Waals surface area contributed by atoms with Crippen molar-refractivity contribution in [1.82, 2.24) is 9.80 Å². The molecule has 2 aromatic rings. The van der Waals surface area contributed by atoms with Crippen molar-refractivity contribution in [3.63, 3.8) is 0 Å². The molecule has 5 heteroatoms. The van der Waals surface area contributed by atoms with Crippen molar-refractivity contribution in [3.8, 4) is 5.75 Å². The van der Waals surface area contributed by atoms with Gasteiger partial charge < -0.3 is 14.5 Å². The number of aryl methyl sites for hydroxylation is 1. The summed E-state index contributed by atoms with van der Waals surface area (Å²) in [6.45, 7) is 3.93. The first kappa shape index (κ1) is 21.4. The summed E-state index contributed by atoms with van der Waals surface area (Å²) in [4.78, 5) is 29.0. The van der Waals surface area contributed by atoms with Crippen LogP contribution in [0.4, 0.5) is 0 Å². The van der Waals surface area contributed by atoms with Crippen LogP contribution in [0.15, 0.2) is 54.6 Å². The number of carbonyl (C=O) groups excluding carboxylic acids is 2. The van der Waals surface area contributed by atoms with Gasteiger partial charge >= 0.3 is 0 Å². The zero-order valence-electron chi connectivity index (χ0n) is 18.2. The second kappa shape index (κ2) is 10.5. The van der Waals surface area contributed by atoms with E-state index in [0.29, 0.717) is 18.9 Å². The fourth-order valence-electron chi connectivity index (χ4n) is 4.49. The van der Waals surface area contributed by atoms with Crippen LogP contribution < -0.4 is 4.74 Å². The minimum absolute atomic E-state index is 0.112. The van der Waals surface area contributed by atoms with E-state index in [1.165, 1.54) is 5.56 Å². The van der Waals surface area contributed by atoms with Crippen LogP contribution in [0.1, 0.15) is 48.0 Å². The summed E-state index contributed by atoms with van der Waals surface area (Å²) in [6, 6.07) is 17.7. The van der Waals surface area contributed by atoms with Crippen LogP contribution in [0.2, 0.25) is 0 Å². The van der Waals surface area contributed by atoms with Crippen molar-refractivity contribution in [2.45, 2.75) is 38.5 Å². The summed E-state index contributed by atoms with van der Waals surface area (Å²) in [5, 5.41) is 0. The normalized spacial score (nSPS) is 18.8. The Morgan fingerprint density at radius 2 is 1.58 bits per heavy atom. The highest BCUT2D eigenvalue weighted by Crippen LogP contribution is 2.21. The maximum atomic E-state index is 12.7. The Hall–Kier alpha value is -2.82. The Morgan fingerprint density at radius 3 is 2.32 bits per heavy atom. The first-order valence-corrected chi connectivity index (χ1v) is 11.5. The lowest BCUT2D eigenvalue weighted by Crippen LogP contribution is -2.41. The largest absolute Gasteiger partial charge is 0.493 e. The number of amides is 2. The Balaban J connectivity index is 1.23. The van der Waals surface area contributed by atoms with Gasteiger partial charge in [-0.3, -0.25) is 9.59 Å². The monoisotopic (exact) mass is 420 g/mol. The lowest BCUT2D eigenvalue weighted by atomic mass is 9.98. The molecule has 1 atom stereocenters. The van der Waals surface area contributed by atoms with E-state index in [4.69, 9.17) is 4.74 Å².